The molecule has 0 fully saturated rings. The highest BCUT2D eigenvalue weighted by Gasteiger charge is 2.15. The Bertz CT molecular complexity index is 540. The molecule has 1 aromatic rings. The lowest BCUT2D eigenvalue weighted by molar-refractivity contribution is -0.134. The van der Waals surface area contributed by atoms with Crippen molar-refractivity contribution >= 4 is 16.0 Å². The zero-order valence-corrected chi connectivity index (χ0v) is 11.8. The molecule has 0 heterocycles. The monoisotopic (exact) mass is 286 g/mol. The van der Waals surface area contributed by atoms with Crippen molar-refractivity contribution in [3.63, 3.8) is 0 Å². The van der Waals surface area contributed by atoms with E-state index in [-0.39, 0.29) is 6.54 Å². The molecule has 2 N–H and O–H groups in total. The van der Waals surface area contributed by atoms with E-state index in [1.807, 2.05) is 43.3 Å². The number of carboxylic acid groups (broad SMARTS) is 1. The molecule has 0 radical (unpaired) electrons. The Kier molecular flexibility index (Phi) is 5.46. The maximum Gasteiger partial charge on any atom is 0.320 e. The Hall–Kier alpha value is -1.44. The number of rotatable bonds is 7. The van der Waals surface area contributed by atoms with Crippen LogP contribution in [0, 0.1) is 0 Å². The smallest absolute Gasteiger partial charge is 0.320 e. The zero-order chi connectivity index (χ0) is 14.5. The largest absolute Gasteiger partial charge is 0.480 e. The van der Waals surface area contributed by atoms with Crippen LogP contribution in [-0.2, 0) is 27.9 Å². The van der Waals surface area contributed by atoms with Crippen LogP contribution in [0.3, 0.4) is 0 Å². The van der Waals surface area contributed by atoms with Crippen molar-refractivity contribution in [1.29, 1.82) is 0 Å². The summed E-state index contributed by atoms with van der Waals surface area (Å²) in [5.74, 6) is -2.28. The number of carbonyl (C=O) groups is 1. The van der Waals surface area contributed by atoms with Gasteiger partial charge >= 0.3 is 5.97 Å². The Morgan fingerprint density at radius 2 is 1.84 bits per heavy atom. The van der Waals surface area contributed by atoms with Gasteiger partial charge in [0.15, 0.2) is 5.75 Å². The van der Waals surface area contributed by atoms with Gasteiger partial charge in [0.25, 0.3) is 0 Å². The van der Waals surface area contributed by atoms with E-state index in [4.69, 9.17) is 5.11 Å². The SMILES string of the molecule is CN(C)Cc1ccccc1CNS(=O)(=O)CC(=O)O. The number of hydrogen-bond donors (Lipinski definition) is 2. The number of nitrogens with one attached hydrogen (secondary N) is 1. The highest BCUT2D eigenvalue weighted by Crippen LogP contribution is 2.10. The minimum Gasteiger partial charge on any atom is -0.480 e. The van der Waals surface area contributed by atoms with Gasteiger partial charge in [-0.05, 0) is 25.2 Å². The van der Waals surface area contributed by atoms with E-state index in [0.29, 0.717) is 6.54 Å². The van der Waals surface area contributed by atoms with Gasteiger partial charge in [-0.25, -0.2) is 13.1 Å². The Balaban J connectivity index is 2.75. The van der Waals surface area contributed by atoms with E-state index < -0.39 is 21.7 Å². The molecule has 0 aromatic heterocycles. The summed E-state index contributed by atoms with van der Waals surface area (Å²) in [6.45, 7) is 0.788. The summed E-state index contributed by atoms with van der Waals surface area (Å²) in [7, 11) is 0.0566. The van der Waals surface area contributed by atoms with Gasteiger partial charge in [0.05, 0.1) is 0 Å². The molecule has 0 amide bonds. The summed E-state index contributed by atoms with van der Waals surface area (Å²) < 4.78 is 25.2. The van der Waals surface area contributed by atoms with Crippen LogP contribution in [-0.4, -0.2) is 44.2 Å². The Morgan fingerprint density at radius 1 is 1.26 bits per heavy atom. The van der Waals surface area contributed by atoms with Gasteiger partial charge in [-0.2, -0.15) is 0 Å². The third-order valence-electron chi connectivity index (χ3n) is 2.40. The summed E-state index contributed by atoms with van der Waals surface area (Å²) in [6.07, 6.45) is 0. The lowest BCUT2D eigenvalue weighted by Crippen LogP contribution is -2.30. The highest BCUT2D eigenvalue weighted by molar-refractivity contribution is 7.90. The Labute approximate surface area is 113 Å². The Morgan fingerprint density at radius 3 is 2.37 bits per heavy atom. The lowest BCUT2D eigenvalue weighted by Gasteiger charge is -2.14. The van der Waals surface area contributed by atoms with Crippen LogP contribution < -0.4 is 4.72 Å². The fraction of sp³-hybridized carbons (Fsp3) is 0.417. The fourth-order valence-corrected chi connectivity index (χ4v) is 2.43. The van der Waals surface area contributed by atoms with E-state index in [1.54, 1.807) is 0 Å². The second-order valence-electron chi connectivity index (χ2n) is 4.48. The molecule has 106 valence electrons. The van der Waals surface area contributed by atoms with E-state index in [9.17, 15) is 13.2 Å². The van der Waals surface area contributed by atoms with Crippen molar-refractivity contribution < 1.29 is 18.3 Å². The molecule has 0 bridgehead atoms. The van der Waals surface area contributed by atoms with Crippen molar-refractivity contribution in [2.75, 3.05) is 19.8 Å². The van der Waals surface area contributed by atoms with Gasteiger partial charge in [-0.15, -0.1) is 0 Å². The molecule has 0 aliphatic carbocycles. The average Bonchev–Trinajstić information content (AvgIpc) is 2.25. The molecule has 0 unspecified atom stereocenters. The van der Waals surface area contributed by atoms with Gasteiger partial charge in [-0.1, -0.05) is 24.3 Å². The van der Waals surface area contributed by atoms with Crippen molar-refractivity contribution in [1.82, 2.24) is 9.62 Å². The third kappa shape index (κ3) is 5.82. The van der Waals surface area contributed by atoms with Crippen molar-refractivity contribution in [2.45, 2.75) is 13.1 Å². The topological polar surface area (TPSA) is 86.7 Å². The van der Waals surface area contributed by atoms with Crippen molar-refractivity contribution in [2.24, 2.45) is 0 Å². The summed E-state index contributed by atoms with van der Waals surface area (Å²) in [5, 5.41) is 8.49. The molecule has 0 saturated heterocycles. The molecule has 0 aliphatic heterocycles. The summed E-state index contributed by atoms with van der Waals surface area (Å²) in [5.41, 5.74) is 1.84. The molecule has 0 atom stereocenters. The molecule has 19 heavy (non-hydrogen) atoms. The van der Waals surface area contributed by atoms with Crippen molar-refractivity contribution in [3.05, 3.63) is 35.4 Å². The molecule has 7 heteroatoms. The predicted molar refractivity (Wildman–Crippen MR) is 72.1 cm³/mol. The number of nitrogens with zero attached hydrogens (tertiary/aromatic N) is 1. The standard InChI is InChI=1S/C12H18N2O4S/c1-14(2)8-11-6-4-3-5-10(11)7-13-19(17,18)9-12(15)16/h3-6,13H,7-9H2,1-2H3,(H,15,16). The quantitative estimate of drug-likeness (QED) is 0.750. The number of aliphatic carboxylic acids is 1. The first-order chi connectivity index (χ1) is 8.80. The van der Waals surface area contributed by atoms with Gasteiger partial charge < -0.3 is 10.0 Å². The minimum absolute atomic E-state index is 0.0969. The number of carboxylic acids is 1. The highest BCUT2D eigenvalue weighted by atomic mass is 32.2. The van der Waals surface area contributed by atoms with E-state index >= 15 is 0 Å². The second kappa shape index (κ2) is 6.65. The number of sulfonamides is 1. The minimum atomic E-state index is -3.79. The molecular weight excluding hydrogens is 268 g/mol. The van der Waals surface area contributed by atoms with Gasteiger partial charge in [0, 0.05) is 13.1 Å². The van der Waals surface area contributed by atoms with Crippen LogP contribution in [0.5, 0.6) is 0 Å². The van der Waals surface area contributed by atoms with Gasteiger partial charge in [0.2, 0.25) is 10.0 Å². The molecular formula is C12H18N2O4S. The van der Waals surface area contributed by atoms with E-state index in [1.165, 1.54) is 0 Å². The third-order valence-corrected chi connectivity index (χ3v) is 3.61. The van der Waals surface area contributed by atoms with Crippen LogP contribution in [0.15, 0.2) is 24.3 Å². The van der Waals surface area contributed by atoms with Gasteiger partial charge in [-0.3, -0.25) is 4.79 Å². The number of benzene rings is 1. The second-order valence-corrected chi connectivity index (χ2v) is 6.29. The molecule has 1 rings (SSSR count). The maximum absolute atomic E-state index is 11.4. The molecule has 0 saturated carbocycles. The zero-order valence-electron chi connectivity index (χ0n) is 11.0. The van der Waals surface area contributed by atoms with E-state index in [0.717, 1.165) is 11.1 Å². The first kappa shape index (κ1) is 15.6. The van der Waals surface area contributed by atoms with Crippen LogP contribution in [0.1, 0.15) is 11.1 Å². The summed E-state index contributed by atoms with van der Waals surface area (Å²) in [4.78, 5) is 12.4. The first-order valence-electron chi connectivity index (χ1n) is 5.71. The average molecular weight is 286 g/mol. The van der Waals surface area contributed by atoms with Crippen LogP contribution in [0.2, 0.25) is 0 Å². The van der Waals surface area contributed by atoms with Crippen LogP contribution in [0.4, 0.5) is 0 Å². The van der Waals surface area contributed by atoms with E-state index in [2.05, 4.69) is 4.72 Å². The lowest BCUT2D eigenvalue weighted by atomic mass is 10.1. The van der Waals surface area contributed by atoms with Crippen LogP contribution >= 0.6 is 0 Å². The predicted octanol–water partition coefficient (Wildman–Crippen LogP) is 0.252. The number of hydrogen-bond acceptors (Lipinski definition) is 4. The summed E-state index contributed by atoms with van der Waals surface area (Å²) >= 11 is 0. The maximum atomic E-state index is 11.4. The fourth-order valence-electron chi connectivity index (χ4n) is 1.63. The summed E-state index contributed by atoms with van der Waals surface area (Å²) in [6, 6.07) is 7.44. The van der Waals surface area contributed by atoms with Gasteiger partial charge in [0.1, 0.15) is 0 Å². The normalized spacial score (nSPS) is 11.7. The first-order valence-corrected chi connectivity index (χ1v) is 7.36. The van der Waals surface area contributed by atoms with Crippen molar-refractivity contribution in [3.8, 4) is 0 Å². The molecule has 0 spiro atoms. The molecule has 6 nitrogen and oxygen atoms in total. The molecule has 1 aromatic carbocycles. The van der Waals surface area contributed by atoms with Crippen LogP contribution in [0.25, 0.3) is 0 Å². The molecule has 0 aliphatic rings.